The van der Waals surface area contributed by atoms with Gasteiger partial charge in [0.25, 0.3) is 0 Å². The van der Waals surface area contributed by atoms with Gasteiger partial charge in [-0.05, 0) is 25.8 Å². The predicted octanol–water partition coefficient (Wildman–Crippen LogP) is 2.53. The Kier molecular flexibility index (Phi) is 6.63. The summed E-state index contributed by atoms with van der Waals surface area (Å²) in [7, 11) is 0. The minimum Gasteiger partial charge on any atom is -0.381 e. The van der Waals surface area contributed by atoms with E-state index in [0.29, 0.717) is 11.0 Å². The highest BCUT2D eigenvalue weighted by atomic mass is 35.5. The van der Waals surface area contributed by atoms with Crippen molar-refractivity contribution >= 4 is 17.5 Å². The van der Waals surface area contributed by atoms with Crippen LogP contribution in [0.4, 0.5) is 14.7 Å². The predicted molar refractivity (Wildman–Crippen MR) is 115 cm³/mol. The molecule has 0 spiro atoms. The first-order valence-electron chi connectivity index (χ1n) is 10.3. The van der Waals surface area contributed by atoms with E-state index >= 15 is 0 Å². The molecule has 4 rings (SSSR count). The van der Waals surface area contributed by atoms with E-state index in [9.17, 15) is 13.9 Å². The standard InChI is InChI=1S/C21H24ClF2N7O/c1-14(29-17-4-6-30(7-5-17)20-26-9-15(22)10-27-20)21(32,11-31-13-25-12-28-31)18-3-2-16(23)8-19(18)24/h2-3,8-10,12-14,17,29,32H,4-7,11H2,1H3/t14-,21-/m1/s1. The molecule has 3 aromatic rings. The highest BCUT2D eigenvalue weighted by Crippen LogP contribution is 2.31. The molecule has 0 unspecified atom stereocenters. The quantitative estimate of drug-likeness (QED) is 0.556. The molecule has 0 amide bonds. The molecule has 0 radical (unpaired) electrons. The Hall–Kier alpha value is -2.69. The van der Waals surface area contributed by atoms with Crippen LogP contribution in [0.25, 0.3) is 0 Å². The molecular weight excluding hydrogens is 440 g/mol. The molecule has 0 bridgehead atoms. The maximum Gasteiger partial charge on any atom is 0.225 e. The topological polar surface area (TPSA) is 92.0 Å². The average Bonchev–Trinajstić information content (AvgIpc) is 3.27. The zero-order valence-electron chi connectivity index (χ0n) is 17.5. The number of rotatable bonds is 7. The molecule has 11 heteroatoms. The third-order valence-electron chi connectivity index (χ3n) is 5.85. The number of benzene rings is 1. The molecule has 1 aliphatic heterocycles. The number of nitrogens with one attached hydrogen (secondary N) is 1. The van der Waals surface area contributed by atoms with Gasteiger partial charge in [-0.15, -0.1) is 0 Å². The van der Waals surface area contributed by atoms with Crippen molar-refractivity contribution in [2.75, 3.05) is 18.0 Å². The fourth-order valence-corrected chi connectivity index (χ4v) is 4.16. The van der Waals surface area contributed by atoms with Crippen molar-refractivity contribution in [2.45, 2.75) is 44.0 Å². The molecule has 3 heterocycles. The Balaban J connectivity index is 1.48. The number of hydrogen-bond acceptors (Lipinski definition) is 7. The van der Waals surface area contributed by atoms with Crippen molar-refractivity contribution in [3.8, 4) is 0 Å². The smallest absolute Gasteiger partial charge is 0.225 e. The fraction of sp³-hybridized carbons (Fsp3) is 0.429. The molecule has 32 heavy (non-hydrogen) atoms. The average molecular weight is 464 g/mol. The molecule has 170 valence electrons. The highest BCUT2D eigenvalue weighted by molar-refractivity contribution is 6.30. The van der Waals surface area contributed by atoms with Crippen LogP contribution in [0.2, 0.25) is 5.02 Å². The number of anilines is 1. The summed E-state index contributed by atoms with van der Waals surface area (Å²) in [5.41, 5.74) is -1.68. The van der Waals surface area contributed by atoms with E-state index in [1.807, 2.05) is 0 Å². The summed E-state index contributed by atoms with van der Waals surface area (Å²) in [6.07, 6.45) is 7.48. The lowest BCUT2D eigenvalue weighted by Crippen LogP contribution is -2.55. The zero-order valence-corrected chi connectivity index (χ0v) is 18.3. The Morgan fingerprint density at radius 3 is 2.59 bits per heavy atom. The van der Waals surface area contributed by atoms with Crippen LogP contribution in [0.1, 0.15) is 25.3 Å². The molecule has 1 aromatic carbocycles. The molecule has 8 nitrogen and oxygen atoms in total. The Morgan fingerprint density at radius 1 is 1.25 bits per heavy atom. The number of halogens is 3. The van der Waals surface area contributed by atoms with E-state index < -0.39 is 23.3 Å². The van der Waals surface area contributed by atoms with Crippen LogP contribution in [0.5, 0.6) is 0 Å². The molecule has 1 fully saturated rings. The fourth-order valence-electron chi connectivity index (χ4n) is 4.06. The second-order valence-electron chi connectivity index (χ2n) is 7.99. The number of aliphatic hydroxyl groups is 1. The minimum absolute atomic E-state index is 0.00130. The van der Waals surface area contributed by atoms with Crippen LogP contribution < -0.4 is 10.2 Å². The molecular formula is C21H24ClF2N7O. The van der Waals surface area contributed by atoms with Gasteiger partial charge in [0.2, 0.25) is 5.95 Å². The van der Waals surface area contributed by atoms with E-state index in [0.717, 1.165) is 38.1 Å². The highest BCUT2D eigenvalue weighted by Gasteiger charge is 2.40. The van der Waals surface area contributed by atoms with Crippen LogP contribution in [0.15, 0.2) is 43.2 Å². The number of aromatic nitrogens is 5. The maximum atomic E-state index is 14.7. The van der Waals surface area contributed by atoms with E-state index in [1.165, 1.54) is 23.4 Å². The molecule has 0 aliphatic carbocycles. The lowest BCUT2D eigenvalue weighted by Gasteiger charge is -2.40. The van der Waals surface area contributed by atoms with Crippen LogP contribution in [0.3, 0.4) is 0 Å². The third kappa shape index (κ3) is 4.87. The molecule has 2 N–H and O–H groups in total. The molecule has 1 saturated heterocycles. The number of piperidine rings is 1. The van der Waals surface area contributed by atoms with Crippen LogP contribution in [0, 0.1) is 11.6 Å². The summed E-state index contributed by atoms with van der Waals surface area (Å²) >= 11 is 5.86. The summed E-state index contributed by atoms with van der Waals surface area (Å²) in [6, 6.07) is 2.72. The monoisotopic (exact) mass is 463 g/mol. The minimum atomic E-state index is -1.68. The molecule has 0 saturated carbocycles. The Morgan fingerprint density at radius 2 is 1.97 bits per heavy atom. The van der Waals surface area contributed by atoms with Crippen molar-refractivity contribution in [3.63, 3.8) is 0 Å². The van der Waals surface area contributed by atoms with E-state index in [-0.39, 0.29) is 18.2 Å². The van der Waals surface area contributed by atoms with E-state index in [4.69, 9.17) is 11.6 Å². The van der Waals surface area contributed by atoms with Gasteiger partial charge in [0, 0.05) is 36.8 Å². The normalized spacial score (nSPS) is 17.8. The van der Waals surface area contributed by atoms with Crippen LogP contribution in [-0.2, 0) is 12.1 Å². The SMILES string of the molecule is C[C@@H](NC1CCN(c2ncc(Cl)cn2)CC1)[C@](O)(Cn1cncn1)c1ccc(F)cc1F. The van der Waals surface area contributed by atoms with Crippen LogP contribution in [-0.4, -0.2) is 55.0 Å². The van der Waals surface area contributed by atoms with Gasteiger partial charge in [-0.3, -0.25) is 0 Å². The third-order valence-corrected chi connectivity index (χ3v) is 6.05. The lowest BCUT2D eigenvalue weighted by molar-refractivity contribution is -0.0242. The van der Waals surface area contributed by atoms with Gasteiger partial charge in [0.15, 0.2) is 0 Å². The van der Waals surface area contributed by atoms with Gasteiger partial charge in [-0.25, -0.2) is 28.4 Å². The van der Waals surface area contributed by atoms with Crippen molar-refractivity contribution in [2.24, 2.45) is 0 Å². The van der Waals surface area contributed by atoms with Gasteiger partial charge >= 0.3 is 0 Å². The summed E-state index contributed by atoms with van der Waals surface area (Å²) in [4.78, 5) is 14.5. The lowest BCUT2D eigenvalue weighted by atomic mass is 9.85. The summed E-state index contributed by atoms with van der Waals surface area (Å²) in [5, 5.41) is 19.6. The van der Waals surface area contributed by atoms with Gasteiger partial charge in [0.1, 0.15) is 29.9 Å². The molecule has 2 atom stereocenters. The van der Waals surface area contributed by atoms with E-state index in [2.05, 4.69) is 30.3 Å². The first kappa shape index (κ1) is 22.5. The van der Waals surface area contributed by atoms with Gasteiger partial charge in [0.05, 0.1) is 24.0 Å². The van der Waals surface area contributed by atoms with Crippen LogP contribution >= 0.6 is 11.6 Å². The summed E-state index contributed by atoms with van der Waals surface area (Å²) < 4.78 is 29.6. The number of nitrogens with zero attached hydrogens (tertiary/aromatic N) is 6. The Labute approximate surface area is 189 Å². The molecule has 1 aliphatic rings. The zero-order chi connectivity index (χ0) is 22.7. The summed E-state index contributed by atoms with van der Waals surface area (Å²) in [5.74, 6) is -0.889. The van der Waals surface area contributed by atoms with Crippen molar-refractivity contribution < 1.29 is 13.9 Å². The Bertz CT molecular complexity index is 1030. The summed E-state index contributed by atoms with van der Waals surface area (Å²) in [6.45, 7) is 3.19. The molecule has 2 aromatic heterocycles. The second kappa shape index (κ2) is 9.43. The maximum absolute atomic E-state index is 14.7. The second-order valence-corrected chi connectivity index (χ2v) is 8.43. The van der Waals surface area contributed by atoms with Gasteiger partial charge < -0.3 is 15.3 Å². The largest absolute Gasteiger partial charge is 0.381 e. The van der Waals surface area contributed by atoms with Crippen molar-refractivity contribution in [1.29, 1.82) is 0 Å². The first-order valence-corrected chi connectivity index (χ1v) is 10.7. The number of hydrogen-bond donors (Lipinski definition) is 2. The first-order chi connectivity index (χ1) is 15.3. The van der Waals surface area contributed by atoms with Crippen molar-refractivity contribution in [3.05, 3.63) is 65.5 Å². The van der Waals surface area contributed by atoms with E-state index in [1.54, 1.807) is 19.3 Å². The van der Waals surface area contributed by atoms with Gasteiger partial charge in [-0.1, -0.05) is 17.7 Å². The van der Waals surface area contributed by atoms with Gasteiger partial charge in [-0.2, -0.15) is 5.10 Å². The van der Waals surface area contributed by atoms with Crippen molar-refractivity contribution in [1.82, 2.24) is 30.0 Å².